The molecule has 0 saturated carbocycles. The van der Waals surface area contributed by atoms with E-state index in [1.807, 2.05) is 85.0 Å². The van der Waals surface area contributed by atoms with E-state index < -0.39 is 5.97 Å². The van der Waals surface area contributed by atoms with Crippen molar-refractivity contribution in [1.29, 1.82) is 0 Å². The zero-order chi connectivity index (χ0) is 23.1. The van der Waals surface area contributed by atoms with E-state index in [2.05, 4.69) is 9.98 Å². The van der Waals surface area contributed by atoms with Crippen molar-refractivity contribution in [3.63, 3.8) is 0 Å². The number of carbonyl (C=O) groups is 1. The molecule has 5 heterocycles. The molecular formula is C28H18N4O2. The molecule has 6 heteroatoms. The molecule has 6 rings (SSSR count). The number of ether oxygens (including phenoxy) is 1. The third-order valence-electron chi connectivity index (χ3n) is 5.67. The lowest BCUT2D eigenvalue weighted by atomic mass is 9.95. The van der Waals surface area contributed by atoms with Crippen LogP contribution in [0.15, 0.2) is 139 Å². The van der Waals surface area contributed by atoms with Gasteiger partial charge in [0.25, 0.3) is 0 Å². The highest BCUT2D eigenvalue weighted by Crippen LogP contribution is 2.35. The summed E-state index contributed by atoms with van der Waals surface area (Å²) in [4.78, 5) is 31.8. The summed E-state index contributed by atoms with van der Waals surface area (Å²) in [5.41, 5.74) is 7.77. The van der Waals surface area contributed by atoms with Crippen molar-refractivity contribution >= 4 is 34.4 Å². The Morgan fingerprint density at radius 2 is 1.24 bits per heavy atom. The SMILES string of the molecule is COC(=O)C1=C(c2ccccc2)C2=NC1=CC1=NC(=CC3=NC(=CC4=NC(=C2)C=C4)C=C3)C=C1. The fourth-order valence-corrected chi connectivity index (χ4v) is 4.16. The van der Waals surface area contributed by atoms with Crippen LogP contribution in [0.2, 0.25) is 0 Å². The Kier molecular flexibility index (Phi) is 4.70. The molecule has 0 radical (unpaired) electrons. The van der Waals surface area contributed by atoms with E-state index in [-0.39, 0.29) is 0 Å². The highest BCUT2D eigenvalue weighted by Gasteiger charge is 2.30. The van der Waals surface area contributed by atoms with Crippen molar-refractivity contribution in [3.05, 3.63) is 125 Å². The van der Waals surface area contributed by atoms with Crippen molar-refractivity contribution in [2.45, 2.75) is 0 Å². The lowest BCUT2D eigenvalue weighted by Gasteiger charge is -2.08. The number of hydrogen-bond donors (Lipinski definition) is 0. The number of allylic oxidation sites excluding steroid dienone is 11. The lowest BCUT2D eigenvalue weighted by molar-refractivity contribution is -0.135. The van der Waals surface area contributed by atoms with Crippen molar-refractivity contribution in [2.24, 2.45) is 20.0 Å². The maximum Gasteiger partial charge on any atom is 0.340 e. The van der Waals surface area contributed by atoms with Gasteiger partial charge in [-0.15, -0.1) is 0 Å². The monoisotopic (exact) mass is 442 g/mol. The standard InChI is InChI=1S/C28H18N4O2/c1-34-28(33)27-25-16-23-12-10-21(31-23)14-19-8-7-18(29-19)13-20-9-11-22(30-20)15-24(32-25)26(27)17-5-3-2-4-6-17/h2-16H,1H3. The van der Waals surface area contributed by atoms with Gasteiger partial charge in [-0.2, -0.15) is 0 Å². The number of benzene rings is 1. The molecule has 8 bridgehead atoms. The second-order valence-corrected chi connectivity index (χ2v) is 7.95. The number of esters is 1. The first-order valence-corrected chi connectivity index (χ1v) is 10.8. The van der Waals surface area contributed by atoms with Gasteiger partial charge in [-0.3, -0.25) is 0 Å². The average Bonchev–Trinajstić information content (AvgIpc) is 3.63. The van der Waals surface area contributed by atoms with Gasteiger partial charge in [0.1, 0.15) is 0 Å². The fourth-order valence-electron chi connectivity index (χ4n) is 4.16. The van der Waals surface area contributed by atoms with E-state index in [4.69, 9.17) is 14.7 Å². The molecular weight excluding hydrogens is 424 g/mol. The van der Waals surface area contributed by atoms with Crippen LogP contribution in [0.1, 0.15) is 5.56 Å². The molecule has 0 saturated heterocycles. The molecule has 162 valence electrons. The number of rotatable bonds is 2. The molecule has 0 fully saturated rings. The summed E-state index contributed by atoms with van der Waals surface area (Å²) in [6.45, 7) is 0. The van der Waals surface area contributed by atoms with E-state index in [0.717, 1.165) is 34.1 Å². The van der Waals surface area contributed by atoms with E-state index in [9.17, 15) is 4.79 Å². The Morgan fingerprint density at radius 1 is 0.676 bits per heavy atom. The molecule has 34 heavy (non-hydrogen) atoms. The van der Waals surface area contributed by atoms with Crippen molar-refractivity contribution in [2.75, 3.05) is 7.11 Å². The molecule has 0 amide bonds. The predicted molar refractivity (Wildman–Crippen MR) is 135 cm³/mol. The van der Waals surface area contributed by atoms with Gasteiger partial charge in [-0.25, -0.2) is 24.8 Å². The van der Waals surface area contributed by atoms with Crippen molar-refractivity contribution in [3.8, 4) is 0 Å². The van der Waals surface area contributed by atoms with Crippen LogP contribution in [-0.4, -0.2) is 35.9 Å². The summed E-state index contributed by atoms with van der Waals surface area (Å²) >= 11 is 0. The summed E-state index contributed by atoms with van der Waals surface area (Å²) in [6, 6.07) is 9.71. The van der Waals surface area contributed by atoms with Crippen LogP contribution in [-0.2, 0) is 9.53 Å². The number of carbonyl (C=O) groups excluding carboxylic acids is 1. The van der Waals surface area contributed by atoms with Crippen LogP contribution < -0.4 is 0 Å². The molecule has 6 nitrogen and oxygen atoms in total. The Labute approximate surface area is 196 Å². The maximum atomic E-state index is 13.0. The Morgan fingerprint density at radius 3 is 1.82 bits per heavy atom. The topological polar surface area (TPSA) is 75.7 Å². The molecule has 1 aromatic carbocycles. The minimum Gasteiger partial charge on any atom is -0.465 e. The Balaban J connectivity index is 1.59. The van der Waals surface area contributed by atoms with E-state index in [1.165, 1.54) is 7.11 Å². The molecule has 5 aliphatic heterocycles. The second-order valence-electron chi connectivity index (χ2n) is 7.95. The zero-order valence-electron chi connectivity index (χ0n) is 18.3. The van der Waals surface area contributed by atoms with Gasteiger partial charge >= 0.3 is 5.97 Å². The number of nitrogens with zero attached hydrogens (tertiary/aromatic N) is 4. The highest BCUT2D eigenvalue weighted by molar-refractivity contribution is 6.37. The second kappa shape index (κ2) is 8.01. The van der Waals surface area contributed by atoms with Crippen LogP contribution in [0.3, 0.4) is 0 Å². The van der Waals surface area contributed by atoms with Crippen LogP contribution in [0.4, 0.5) is 0 Å². The quantitative estimate of drug-likeness (QED) is 0.625. The summed E-state index contributed by atoms with van der Waals surface area (Å²) in [5, 5.41) is 0. The smallest absolute Gasteiger partial charge is 0.340 e. The van der Waals surface area contributed by atoms with Crippen molar-refractivity contribution < 1.29 is 9.53 Å². The van der Waals surface area contributed by atoms with Crippen LogP contribution in [0.5, 0.6) is 0 Å². The molecule has 0 spiro atoms. The minimum absolute atomic E-state index is 0.401. The fraction of sp³-hybridized carbons (Fsp3) is 0.0357. The summed E-state index contributed by atoms with van der Waals surface area (Å²) in [6.07, 6.45) is 19.1. The normalized spacial score (nSPS) is 19.8. The van der Waals surface area contributed by atoms with E-state index in [1.54, 1.807) is 6.08 Å². The average molecular weight is 442 g/mol. The largest absolute Gasteiger partial charge is 0.465 e. The first-order valence-electron chi connectivity index (χ1n) is 10.8. The van der Waals surface area contributed by atoms with Gasteiger partial charge in [0.15, 0.2) is 0 Å². The molecule has 0 N–H and O–H groups in total. The third-order valence-corrected chi connectivity index (χ3v) is 5.67. The van der Waals surface area contributed by atoms with Crippen LogP contribution in [0, 0.1) is 0 Å². The summed E-state index contributed by atoms with van der Waals surface area (Å²) < 4.78 is 5.16. The number of methoxy groups -OCH3 is 1. The highest BCUT2D eigenvalue weighted by atomic mass is 16.5. The molecule has 5 aliphatic rings. The molecule has 0 aliphatic carbocycles. The van der Waals surface area contributed by atoms with Gasteiger partial charge in [-0.05, 0) is 66.3 Å². The number of aliphatic imine (C=N–C) groups is 4. The van der Waals surface area contributed by atoms with Crippen LogP contribution in [0.25, 0.3) is 5.57 Å². The summed E-state index contributed by atoms with van der Waals surface area (Å²) in [5.74, 6) is -0.453. The zero-order valence-corrected chi connectivity index (χ0v) is 18.3. The number of hydrogen-bond acceptors (Lipinski definition) is 6. The van der Waals surface area contributed by atoms with Gasteiger partial charge in [0.05, 0.1) is 58.3 Å². The first-order chi connectivity index (χ1) is 16.7. The van der Waals surface area contributed by atoms with Gasteiger partial charge in [0, 0.05) is 5.57 Å². The van der Waals surface area contributed by atoms with Crippen molar-refractivity contribution in [1.82, 2.24) is 0 Å². The number of fused-ring (bicyclic) bond motifs is 4. The molecule has 0 unspecified atom stereocenters. The third kappa shape index (κ3) is 3.61. The summed E-state index contributed by atoms with van der Waals surface area (Å²) in [7, 11) is 1.38. The van der Waals surface area contributed by atoms with Gasteiger partial charge in [-0.1, -0.05) is 30.3 Å². The molecule has 1 aromatic rings. The van der Waals surface area contributed by atoms with Crippen LogP contribution >= 0.6 is 0 Å². The Hall–Kier alpha value is -4.71. The first kappa shape index (κ1) is 19.9. The maximum absolute atomic E-state index is 13.0. The van der Waals surface area contributed by atoms with Gasteiger partial charge < -0.3 is 4.74 Å². The molecule has 0 atom stereocenters. The van der Waals surface area contributed by atoms with Gasteiger partial charge in [0.2, 0.25) is 0 Å². The minimum atomic E-state index is -0.453. The Bertz CT molecular complexity index is 1510. The van der Waals surface area contributed by atoms with E-state index in [0.29, 0.717) is 28.3 Å². The predicted octanol–water partition coefficient (Wildman–Crippen LogP) is 4.65. The molecule has 0 aromatic heterocycles. The lowest BCUT2D eigenvalue weighted by Crippen LogP contribution is -2.09. The van der Waals surface area contributed by atoms with E-state index >= 15 is 0 Å².